The van der Waals surface area contributed by atoms with E-state index in [-0.39, 0.29) is 5.95 Å². The maximum Gasteiger partial charge on any atom is 0.224 e. The molecule has 0 spiro atoms. The van der Waals surface area contributed by atoms with Crippen LogP contribution in [0.5, 0.6) is 11.5 Å². The first kappa shape index (κ1) is 13.9. The Bertz CT molecular complexity index is 801. The third-order valence-corrected chi connectivity index (χ3v) is 3.23. The van der Waals surface area contributed by atoms with Gasteiger partial charge in [-0.2, -0.15) is 15.1 Å². The van der Waals surface area contributed by atoms with Crippen LogP contribution >= 0.6 is 0 Å². The number of aromatic amines is 1. The van der Waals surface area contributed by atoms with Crippen molar-refractivity contribution in [3.05, 3.63) is 30.0 Å². The summed E-state index contributed by atoms with van der Waals surface area (Å²) in [5.41, 5.74) is 7.31. The molecule has 8 nitrogen and oxygen atoms in total. The van der Waals surface area contributed by atoms with Gasteiger partial charge in [-0.1, -0.05) is 6.07 Å². The lowest BCUT2D eigenvalue weighted by Gasteiger charge is -2.11. The molecule has 0 aliphatic carbocycles. The van der Waals surface area contributed by atoms with E-state index in [9.17, 15) is 0 Å². The third kappa shape index (κ3) is 2.58. The van der Waals surface area contributed by atoms with Gasteiger partial charge >= 0.3 is 0 Å². The van der Waals surface area contributed by atoms with Gasteiger partial charge in [0.15, 0.2) is 17.1 Å². The van der Waals surface area contributed by atoms with Crippen LogP contribution in [-0.4, -0.2) is 34.4 Å². The van der Waals surface area contributed by atoms with Gasteiger partial charge in [0.05, 0.1) is 25.8 Å². The zero-order chi connectivity index (χ0) is 15.5. The van der Waals surface area contributed by atoms with Crippen LogP contribution in [0, 0.1) is 0 Å². The number of hydrogen-bond donors (Lipinski definition) is 3. The number of rotatable bonds is 5. The normalized spacial score (nSPS) is 10.6. The average Bonchev–Trinajstić information content (AvgIpc) is 3.00. The predicted molar refractivity (Wildman–Crippen MR) is 83.0 cm³/mol. The minimum Gasteiger partial charge on any atom is -0.493 e. The summed E-state index contributed by atoms with van der Waals surface area (Å²) in [6.07, 6.45) is 1.66. The highest BCUT2D eigenvalue weighted by Gasteiger charge is 2.09. The van der Waals surface area contributed by atoms with E-state index in [1.165, 1.54) is 0 Å². The van der Waals surface area contributed by atoms with E-state index < -0.39 is 0 Å². The van der Waals surface area contributed by atoms with Crippen LogP contribution < -0.4 is 20.5 Å². The molecule has 2 aromatic heterocycles. The van der Waals surface area contributed by atoms with Gasteiger partial charge in [-0.15, -0.1) is 0 Å². The molecule has 0 saturated heterocycles. The Labute approximate surface area is 126 Å². The van der Waals surface area contributed by atoms with Crippen LogP contribution in [0.1, 0.15) is 5.56 Å². The number of methoxy groups -OCH3 is 2. The summed E-state index contributed by atoms with van der Waals surface area (Å²) in [4.78, 5) is 8.28. The molecule has 0 aliphatic rings. The molecule has 0 radical (unpaired) electrons. The lowest BCUT2D eigenvalue weighted by Crippen LogP contribution is -2.05. The van der Waals surface area contributed by atoms with Crippen molar-refractivity contribution in [1.29, 1.82) is 0 Å². The molecule has 0 unspecified atom stereocenters. The number of nitrogens with two attached hydrogens (primary N) is 1. The highest BCUT2D eigenvalue weighted by atomic mass is 16.5. The van der Waals surface area contributed by atoms with Gasteiger partial charge < -0.3 is 20.5 Å². The number of nitrogen functional groups attached to an aromatic ring is 1. The Morgan fingerprint density at radius 1 is 1.18 bits per heavy atom. The number of fused-ring (bicyclic) bond motifs is 1. The van der Waals surface area contributed by atoms with Crippen molar-refractivity contribution in [1.82, 2.24) is 20.2 Å². The van der Waals surface area contributed by atoms with Crippen LogP contribution in [0.15, 0.2) is 24.4 Å². The lowest BCUT2D eigenvalue weighted by atomic mass is 10.2. The highest BCUT2D eigenvalue weighted by Crippen LogP contribution is 2.28. The Morgan fingerprint density at radius 3 is 2.77 bits per heavy atom. The van der Waals surface area contributed by atoms with Gasteiger partial charge in [0.25, 0.3) is 0 Å². The number of hydrogen-bond acceptors (Lipinski definition) is 7. The minimum absolute atomic E-state index is 0.187. The Hall–Kier alpha value is -3.03. The molecule has 0 saturated carbocycles. The molecule has 2 heterocycles. The van der Waals surface area contributed by atoms with Crippen molar-refractivity contribution in [2.75, 3.05) is 25.3 Å². The first-order valence-corrected chi connectivity index (χ1v) is 6.62. The van der Waals surface area contributed by atoms with Crippen molar-refractivity contribution in [2.24, 2.45) is 0 Å². The Kier molecular flexibility index (Phi) is 3.65. The molecule has 3 rings (SSSR count). The summed E-state index contributed by atoms with van der Waals surface area (Å²) in [6, 6.07) is 5.71. The number of ether oxygens (including phenoxy) is 2. The van der Waals surface area contributed by atoms with E-state index in [4.69, 9.17) is 15.2 Å². The first-order chi connectivity index (χ1) is 10.7. The molecule has 114 valence electrons. The molecule has 0 fully saturated rings. The van der Waals surface area contributed by atoms with Crippen LogP contribution in [0.2, 0.25) is 0 Å². The summed E-state index contributed by atoms with van der Waals surface area (Å²) in [7, 11) is 3.21. The fraction of sp³-hybridized carbons (Fsp3) is 0.214. The van der Waals surface area contributed by atoms with E-state index in [1.54, 1.807) is 20.4 Å². The van der Waals surface area contributed by atoms with Gasteiger partial charge in [0.1, 0.15) is 5.82 Å². The lowest BCUT2D eigenvalue weighted by molar-refractivity contribution is 0.354. The number of H-pyrrole nitrogens is 1. The molecule has 0 atom stereocenters. The second kappa shape index (κ2) is 5.76. The molecular weight excluding hydrogens is 284 g/mol. The van der Waals surface area contributed by atoms with Crippen molar-refractivity contribution in [2.45, 2.75) is 6.54 Å². The highest BCUT2D eigenvalue weighted by molar-refractivity contribution is 5.86. The zero-order valence-electron chi connectivity index (χ0n) is 12.3. The van der Waals surface area contributed by atoms with E-state index in [1.807, 2.05) is 18.2 Å². The van der Waals surface area contributed by atoms with Crippen molar-refractivity contribution >= 4 is 22.8 Å². The molecule has 22 heavy (non-hydrogen) atoms. The van der Waals surface area contributed by atoms with Crippen LogP contribution in [0.4, 0.5) is 11.8 Å². The van der Waals surface area contributed by atoms with Crippen molar-refractivity contribution < 1.29 is 9.47 Å². The molecule has 0 aliphatic heterocycles. The number of anilines is 2. The van der Waals surface area contributed by atoms with Gasteiger partial charge in [-0.3, -0.25) is 5.10 Å². The van der Waals surface area contributed by atoms with Gasteiger partial charge in [-0.05, 0) is 17.7 Å². The van der Waals surface area contributed by atoms with Crippen molar-refractivity contribution in [3.8, 4) is 11.5 Å². The number of nitrogens with zero attached hydrogens (tertiary/aromatic N) is 3. The molecule has 3 aromatic rings. The first-order valence-electron chi connectivity index (χ1n) is 6.62. The van der Waals surface area contributed by atoms with E-state index in [0.717, 1.165) is 10.9 Å². The van der Waals surface area contributed by atoms with Gasteiger partial charge in [-0.25, -0.2) is 0 Å². The van der Waals surface area contributed by atoms with Crippen LogP contribution in [-0.2, 0) is 6.54 Å². The van der Waals surface area contributed by atoms with Crippen LogP contribution in [0.3, 0.4) is 0 Å². The molecular formula is C14H16N6O2. The number of nitrogens with one attached hydrogen (secondary N) is 2. The Balaban J connectivity index is 1.83. The third-order valence-electron chi connectivity index (χ3n) is 3.23. The second-order valence-electron chi connectivity index (χ2n) is 4.61. The van der Waals surface area contributed by atoms with Crippen molar-refractivity contribution in [3.63, 3.8) is 0 Å². The topological polar surface area (TPSA) is 111 Å². The maximum atomic E-state index is 5.69. The molecule has 0 amide bonds. The Morgan fingerprint density at radius 2 is 2.00 bits per heavy atom. The number of aromatic nitrogens is 4. The summed E-state index contributed by atoms with van der Waals surface area (Å²) < 4.78 is 10.5. The molecule has 1 aromatic carbocycles. The monoisotopic (exact) mass is 300 g/mol. The molecule has 8 heteroatoms. The van der Waals surface area contributed by atoms with Gasteiger partial charge in [0, 0.05) is 6.54 Å². The maximum absolute atomic E-state index is 5.69. The SMILES string of the molecule is COc1ccc(CNc2nc(N)nc3[nH]ncc23)cc1OC. The zero-order valence-corrected chi connectivity index (χ0v) is 12.3. The fourth-order valence-corrected chi connectivity index (χ4v) is 2.16. The summed E-state index contributed by atoms with van der Waals surface area (Å²) in [5, 5.41) is 10.7. The van der Waals surface area contributed by atoms with Crippen LogP contribution in [0.25, 0.3) is 11.0 Å². The van der Waals surface area contributed by atoms with Gasteiger partial charge in [0.2, 0.25) is 5.95 Å². The quantitative estimate of drug-likeness (QED) is 0.655. The fourth-order valence-electron chi connectivity index (χ4n) is 2.16. The molecule has 0 bridgehead atoms. The van der Waals surface area contributed by atoms with E-state index in [0.29, 0.717) is 29.5 Å². The second-order valence-corrected chi connectivity index (χ2v) is 4.61. The summed E-state index contributed by atoms with van der Waals surface area (Å²) >= 11 is 0. The molecule has 4 N–H and O–H groups in total. The predicted octanol–water partition coefficient (Wildman–Crippen LogP) is 1.56. The standard InChI is InChI=1S/C14H16N6O2/c1-21-10-4-3-8(5-11(10)22-2)6-16-12-9-7-17-20-13(9)19-14(15)18-12/h3-5,7H,6H2,1-2H3,(H4,15,16,17,18,19,20). The van der Waals surface area contributed by atoms with E-state index >= 15 is 0 Å². The largest absolute Gasteiger partial charge is 0.493 e. The van der Waals surface area contributed by atoms with E-state index in [2.05, 4.69) is 25.5 Å². The smallest absolute Gasteiger partial charge is 0.224 e. The summed E-state index contributed by atoms with van der Waals surface area (Å²) in [6.45, 7) is 0.553. The average molecular weight is 300 g/mol. The number of benzene rings is 1. The summed E-state index contributed by atoms with van der Waals surface area (Å²) in [5.74, 6) is 2.19. The minimum atomic E-state index is 0.187.